The summed E-state index contributed by atoms with van der Waals surface area (Å²) in [6.07, 6.45) is -6.85. The number of ether oxygens (including phenoxy) is 9. The fourth-order valence-corrected chi connectivity index (χ4v) is 7.17. The number of benzene rings is 2. The fraction of sp³-hybridized carbons (Fsp3) is 0.622. The van der Waals surface area contributed by atoms with Crippen LogP contribution in [0.15, 0.2) is 36.4 Å². The highest BCUT2D eigenvalue weighted by molar-refractivity contribution is 7.98. The molecule has 3 heterocycles. The van der Waals surface area contributed by atoms with E-state index in [2.05, 4.69) is 5.32 Å². The lowest BCUT2D eigenvalue weighted by molar-refractivity contribution is -0.278. The molecule has 0 bridgehead atoms. The standard InChI is InChI=1S/C37H51NO14S/c1-37(2,3)52-36(43)38-23(12-13-53-7)34(42)49-18-28-29(39)30(40)31(41)35(51-28)50-25-11-9-20(15-27(25)46-6)33-22-17-47-32(21(22)16-48-33)19-8-10-24(44-4)26(14-19)45-5/h8-11,14-15,21-23,28-33,35,39-41H,12-13,16-18H2,1-7H3,(H,38,43)/t21-,22-,23-,28+,29+,30-,31+,32-,33+,35-/m0/s1. The Morgan fingerprint density at radius 2 is 1.42 bits per heavy atom. The second-order valence-corrected chi connectivity index (χ2v) is 15.1. The van der Waals surface area contributed by atoms with E-state index in [1.54, 1.807) is 47.1 Å². The number of alkyl carbamates (subject to hydrolysis) is 1. The van der Waals surface area contributed by atoms with Crippen molar-refractivity contribution in [1.82, 2.24) is 5.32 Å². The van der Waals surface area contributed by atoms with Crippen LogP contribution in [0.25, 0.3) is 0 Å². The van der Waals surface area contributed by atoms with Crippen LogP contribution < -0.4 is 24.3 Å². The van der Waals surface area contributed by atoms with Gasteiger partial charge in [0.15, 0.2) is 23.0 Å². The number of carbonyl (C=O) groups is 2. The number of thioether (sulfide) groups is 1. The first-order valence-electron chi connectivity index (χ1n) is 17.4. The molecule has 3 saturated heterocycles. The van der Waals surface area contributed by atoms with Gasteiger partial charge in [-0.25, -0.2) is 9.59 Å². The molecule has 3 fully saturated rings. The molecule has 3 aliphatic rings. The number of hydrogen-bond donors (Lipinski definition) is 4. The van der Waals surface area contributed by atoms with Crippen LogP contribution in [0.4, 0.5) is 4.79 Å². The van der Waals surface area contributed by atoms with E-state index in [1.807, 2.05) is 30.5 Å². The first-order chi connectivity index (χ1) is 25.3. The second-order valence-electron chi connectivity index (χ2n) is 14.1. The average molecular weight is 766 g/mol. The molecular weight excluding hydrogens is 714 g/mol. The van der Waals surface area contributed by atoms with E-state index >= 15 is 0 Å². The molecule has 53 heavy (non-hydrogen) atoms. The molecule has 3 aliphatic heterocycles. The molecule has 0 unspecified atom stereocenters. The molecule has 0 radical (unpaired) electrons. The molecule has 10 atom stereocenters. The molecule has 0 spiro atoms. The molecule has 0 saturated carbocycles. The topological polar surface area (TPSA) is 190 Å². The highest BCUT2D eigenvalue weighted by Gasteiger charge is 2.49. The van der Waals surface area contributed by atoms with Crippen LogP contribution in [0.2, 0.25) is 0 Å². The summed E-state index contributed by atoms with van der Waals surface area (Å²) in [5.74, 6) is 1.68. The number of aliphatic hydroxyl groups excluding tert-OH is 3. The van der Waals surface area contributed by atoms with Gasteiger partial charge in [-0.2, -0.15) is 11.8 Å². The first-order valence-corrected chi connectivity index (χ1v) is 18.8. The SMILES string of the molecule is COc1ccc([C@@H]2OC[C@H]3[C@@H]2CO[C@@H]3c2ccc(O[C@H]3O[C@H](COC(=O)[C@H](CCSC)NC(=O)OC(C)(C)C)[C@@H](O)[C@H](O)[C@H]3O)c(OC)c2)cc1OC. The van der Waals surface area contributed by atoms with Gasteiger partial charge in [0.05, 0.1) is 46.8 Å². The van der Waals surface area contributed by atoms with Crippen LogP contribution in [0.1, 0.15) is 50.5 Å². The molecule has 2 aromatic carbocycles. The summed E-state index contributed by atoms with van der Waals surface area (Å²) in [6.45, 7) is 5.57. The number of aliphatic hydroxyl groups is 3. The predicted molar refractivity (Wildman–Crippen MR) is 191 cm³/mol. The summed E-state index contributed by atoms with van der Waals surface area (Å²) < 4.78 is 51.6. The van der Waals surface area contributed by atoms with Crippen LogP contribution in [-0.4, -0.2) is 123 Å². The van der Waals surface area contributed by atoms with Gasteiger partial charge in [-0.15, -0.1) is 0 Å². The summed E-state index contributed by atoms with van der Waals surface area (Å²) in [7, 11) is 4.65. The summed E-state index contributed by atoms with van der Waals surface area (Å²) >= 11 is 1.48. The van der Waals surface area contributed by atoms with E-state index in [4.69, 9.17) is 42.6 Å². The molecular formula is C37H51NO14S. The van der Waals surface area contributed by atoms with Crippen LogP contribution in [0.3, 0.4) is 0 Å². The van der Waals surface area contributed by atoms with Gasteiger partial charge in [-0.1, -0.05) is 12.1 Å². The van der Waals surface area contributed by atoms with Gasteiger partial charge in [-0.05, 0) is 74.6 Å². The molecule has 294 valence electrons. The quantitative estimate of drug-likeness (QED) is 0.205. The Balaban J connectivity index is 1.23. The number of amides is 1. The Labute approximate surface area is 313 Å². The Morgan fingerprint density at radius 3 is 1.96 bits per heavy atom. The minimum absolute atomic E-state index is 0.0628. The van der Waals surface area contributed by atoms with E-state index in [1.165, 1.54) is 18.9 Å². The third kappa shape index (κ3) is 9.60. The van der Waals surface area contributed by atoms with E-state index < -0.39 is 61.0 Å². The number of esters is 1. The summed E-state index contributed by atoms with van der Waals surface area (Å²) in [6, 6.07) is 9.96. The molecule has 16 heteroatoms. The highest BCUT2D eigenvalue weighted by Crippen LogP contribution is 2.51. The van der Waals surface area contributed by atoms with E-state index in [0.717, 1.165) is 11.1 Å². The predicted octanol–water partition coefficient (Wildman–Crippen LogP) is 3.16. The molecule has 5 rings (SSSR count). The minimum Gasteiger partial charge on any atom is -0.493 e. The van der Waals surface area contributed by atoms with Crippen molar-refractivity contribution >= 4 is 23.8 Å². The van der Waals surface area contributed by atoms with Crippen LogP contribution in [-0.2, 0) is 28.5 Å². The van der Waals surface area contributed by atoms with Crippen molar-refractivity contribution in [2.24, 2.45) is 11.8 Å². The Bertz CT molecular complexity index is 1550. The number of hydrogen-bond acceptors (Lipinski definition) is 15. The summed E-state index contributed by atoms with van der Waals surface area (Å²) in [5.41, 5.74) is 1.03. The molecule has 15 nitrogen and oxygen atoms in total. The maximum absolute atomic E-state index is 13.0. The maximum Gasteiger partial charge on any atom is 0.408 e. The Hall–Kier alpha value is -3.51. The lowest BCUT2D eigenvalue weighted by Gasteiger charge is -2.40. The molecule has 4 N–H and O–H groups in total. The zero-order chi connectivity index (χ0) is 38.4. The van der Waals surface area contributed by atoms with E-state index in [9.17, 15) is 24.9 Å². The zero-order valence-corrected chi connectivity index (χ0v) is 31.8. The largest absolute Gasteiger partial charge is 0.493 e. The number of methoxy groups -OCH3 is 3. The first kappa shape index (κ1) is 40.7. The van der Waals surface area contributed by atoms with Gasteiger partial charge in [-0.3, -0.25) is 0 Å². The van der Waals surface area contributed by atoms with Crippen molar-refractivity contribution in [2.45, 2.75) is 81.7 Å². The van der Waals surface area contributed by atoms with Crippen LogP contribution in [0, 0.1) is 11.8 Å². The highest BCUT2D eigenvalue weighted by atomic mass is 32.2. The van der Waals surface area contributed by atoms with Crippen molar-refractivity contribution in [1.29, 1.82) is 0 Å². The van der Waals surface area contributed by atoms with E-state index in [-0.39, 0.29) is 36.2 Å². The van der Waals surface area contributed by atoms with Gasteiger partial charge in [0.25, 0.3) is 0 Å². The fourth-order valence-electron chi connectivity index (χ4n) is 6.70. The van der Waals surface area contributed by atoms with Gasteiger partial charge in [0.2, 0.25) is 6.29 Å². The van der Waals surface area contributed by atoms with Gasteiger partial charge < -0.3 is 63.3 Å². The van der Waals surface area contributed by atoms with Crippen molar-refractivity contribution in [2.75, 3.05) is 53.2 Å². The van der Waals surface area contributed by atoms with Crippen molar-refractivity contribution in [3.05, 3.63) is 47.5 Å². The van der Waals surface area contributed by atoms with Crippen molar-refractivity contribution in [3.8, 4) is 23.0 Å². The third-order valence-corrected chi connectivity index (χ3v) is 10.0. The van der Waals surface area contributed by atoms with Crippen LogP contribution >= 0.6 is 11.8 Å². The monoisotopic (exact) mass is 765 g/mol. The lowest BCUT2D eigenvalue weighted by Crippen LogP contribution is -2.60. The molecule has 0 aromatic heterocycles. The third-order valence-electron chi connectivity index (χ3n) is 9.40. The maximum atomic E-state index is 13.0. The van der Waals surface area contributed by atoms with Crippen molar-refractivity contribution in [3.63, 3.8) is 0 Å². The number of fused-ring (bicyclic) bond motifs is 1. The van der Waals surface area contributed by atoms with Gasteiger partial charge in [0.1, 0.15) is 42.7 Å². The van der Waals surface area contributed by atoms with Crippen LogP contribution in [0.5, 0.6) is 23.0 Å². The Kier molecular flexibility index (Phi) is 13.6. The second kappa shape index (κ2) is 17.8. The summed E-state index contributed by atoms with van der Waals surface area (Å²) in [5, 5.41) is 34.7. The Morgan fingerprint density at radius 1 is 0.849 bits per heavy atom. The number of carbonyl (C=O) groups excluding carboxylic acids is 2. The van der Waals surface area contributed by atoms with E-state index in [0.29, 0.717) is 36.2 Å². The van der Waals surface area contributed by atoms with Gasteiger partial charge >= 0.3 is 12.1 Å². The van der Waals surface area contributed by atoms with Crippen molar-refractivity contribution < 1.29 is 67.5 Å². The number of rotatable bonds is 14. The normalized spacial score (nSPS) is 28.8. The molecule has 1 amide bonds. The summed E-state index contributed by atoms with van der Waals surface area (Å²) in [4.78, 5) is 25.4. The zero-order valence-electron chi connectivity index (χ0n) is 31.0. The minimum atomic E-state index is -1.69. The molecule has 0 aliphatic carbocycles. The van der Waals surface area contributed by atoms with Gasteiger partial charge in [0, 0.05) is 11.8 Å². The molecule has 2 aromatic rings. The lowest BCUT2D eigenvalue weighted by atomic mass is 9.85. The smallest absolute Gasteiger partial charge is 0.408 e. The average Bonchev–Trinajstić information content (AvgIpc) is 3.75. The number of nitrogens with one attached hydrogen (secondary N) is 1.